The van der Waals surface area contributed by atoms with E-state index in [1.165, 1.54) is 53.3 Å². The molecule has 0 aliphatic carbocycles. The number of thiophene rings is 1. The van der Waals surface area contributed by atoms with Crippen LogP contribution in [0.4, 0.5) is 0 Å². The van der Waals surface area contributed by atoms with Crippen LogP contribution in [0.25, 0.3) is 16.2 Å². The van der Waals surface area contributed by atoms with Crippen LogP contribution in [0.1, 0.15) is 67.9 Å². The molecule has 2 unspecified atom stereocenters. The number of fused-ring (bicyclic) bond motifs is 1. The van der Waals surface area contributed by atoms with Gasteiger partial charge in [0.1, 0.15) is 0 Å². The first-order valence-electron chi connectivity index (χ1n) is 10.6. The second kappa shape index (κ2) is 12.1. The SMILES string of the molecule is CCCCCCc1sc2cc(C)ccc2c1/C=C/C(O)C(O)CCCC(=O)OC. The monoisotopic (exact) mass is 418 g/mol. The number of aryl methyl sites for hydroxylation is 2. The van der Waals surface area contributed by atoms with Gasteiger partial charge in [-0.05, 0) is 55.2 Å². The van der Waals surface area contributed by atoms with Gasteiger partial charge in [-0.15, -0.1) is 11.3 Å². The van der Waals surface area contributed by atoms with E-state index in [9.17, 15) is 15.0 Å². The van der Waals surface area contributed by atoms with Gasteiger partial charge in [-0.2, -0.15) is 0 Å². The number of benzene rings is 1. The van der Waals surface area contributed by atoms with E-state index in [0.29, 0.717) is 12.8 Å². The molecule has 2 atom stereocenters. The Labute approximate surface area is 178 Å². The summed E-state index contributed by atoms with van der Waals surface area (Å²) in [6.45, 7) is 4.32. The van der Waals surface area contributed by atoms with Crippen LogP contribution in [0, 0.1) is 6.92 Å². The van der Waals surface area contributed by atoms with E-state index in [0.717, 1.165) is 12.0 Å². The largest absolute Gasteiger partial charge is 0.469 e. The molecule has 4 nitrogen and oxygen atoms in total. The van der Waals surface area contributed by atoms with Gasteiger partial charge < -0.3 is 14.9 Å². The molecule has 0 amide bonds. The number of hydrogen-bond acceptors (Lipinski definition) is 5. The number of carbonyl (C=O) groups excluding carboxylic acids is 1. The zero-order valence-electron chi connectivity index (χ0n) is 17.8. The molecule has 2 aromatic rings. The third kappa shape index (κ3) is 7.25. The van der Waals surface area contributed by atoms with Gasteiger partial charge in [-0.25, -0.2) is 0 Å². The summed E-state index contributed by atoms with van der Waals surface area (Å²) in [5, 5.41) is 21.7. The summed E-state index contributed by atoms with van der Waals surface area (Å²) in [7, 11) is 1.35. The van der Waals surface area contributed by atoms with Gasteiger partial charge in [0.05, 0.1) is 19.3 Å². The van der Waals surface area contributed by atoms with Crippen LogP contribution in [0.15, 0.2) is 24.3 Å². The number of carbonyl (C=O) groups is 1. The van der Waals surface area contributed by atoms with Crippen molar-refractivity contribution in [1.82, 2.24) is 0 Å². The van der Waals surface area contributed by atoms with E-state index in [1.54, 1.807) is 6.08 Å². The molecule has 0 aliphatic rings. The van der Waals surface area contributed by atoms with Crippen molar-refractivity contribution in [3.63, 3.8) is 0 Å². The second-order valence-corrected chi connectivity index (χ2v) is 8.77. The molecule has 1 heterocycles. The van der Waals surface area contributed by atoms with Crippen LogP contribution in [-0.2, 0) is 16.0 Å². The fourth-order valence-electron chi connectivity index (χ4n) is 3.41. The predicted octanol–water partition coefficient (Wildman–Crippen LogP) is 5.41. The van der Waals surface area contributed by atoms with Gasteiger partial charge >= 0.3 is 5.97 Å². The molecule has 5 heteroatoms. The Morgan fingerprint density at radius 3 is 2.72 bits per heavy atom. The van der Waals surface area contributed by atoms with Crippen molar-refractivity contribution in [2.45, 2.75) is 77.4 Å². The lowest BCUT2D eigenvalue weighted by molar-refractivity contribution is -0.140. The summed E-state index contributed by atoms with van der Waals surface area (Å²) in [6, 6.07) is 6.48. The zero-order chi connectivity index (χ0) is 21.2. The van der Waals surface area contributed by atoms with Gasteiger partial charge in [0.15, 0.2) is 0 Å². The van der Waals surface area contributed by atoms with Crippen LogP contribution in [-0.4, -0.2) is 35.5 Å². The number of unbranched alkanes of at least 4 members (excludes halogenated alkanes) is 3. The molecule has 0 saturated heterocycles. The molecule has 160 valence electrons. The average Bonchev–Trinajstić information content (AvgIpc) is 3.05. The number of ether oxygens (including phenoxy) is 1. The molecule has 0 bridgehead atoms. The first kappa shape index (κ1) is 23.6. The average molecular weight is 419 g/mol. The number of aliphatic hydroxyl groups is 2. The number of esters is 1. The van der Waals surface area contributed by atoms with E-state index < -0.39 is 12.2 Å². The minimum absolute atomic E-state index is 0.250. The maximum Gasteiger partial charge on any atom is 0.305 e. The molecule has 0 saturated carbocycles. The van der Waals surface area contributed by atoms with Gasteiger partial charge in [-0.3, -0.25) is 4.79 Å². The highest BCUT2D eigenvalue weighted by Gasteiger charge is 2.15. The van der Waals surface area contributed by atoms with Gasteiger partial charge in [-0.1, -0.05) is 50.5 Å². The molecule has 1 aromatic heterocycles. The molecular weight excluding hydrogens is 384 g/mol. The van der Waals surface area contributed by atoms with Gasteiger partial charge in [0.2, 0.25) is 0 Å². The third-order valence-corrected chi connectivity index (χ3v) is 6.41. The number of methoxy groups -OCH3 is 1. The predicted molar refractivity (Wildman–Crippen MR) is 121 cm³/mol. The van der Waals surface area contributed by atoms with Crippen molar-refractivity contribution in [1.29, 1.82) is 0 Å². The Morgan fingerprint density at radius 2 is 2.00 bits per heavy atom. The lowest BCUT2D eigenvalue weighted by Crippen LogP contribution is -2.23. The van der Waals surface area contributed by atoms with Crippen LogP contribution >= 0.6 is 11.3 Å². The third-order valence-electron chi connectivity index (χ3n) is 5.18. The van der Waals surface area contributed by atoms with Crippen molar-refractivity contribution in [2.75, 3.05) is 7.11 Å². The maximum absolute atomic E-state index is 11.2. The lowest BCUT2D eigenvalue weighted by Gasteiger charge is -2.14. The Balaban J connectivity index is 2.10. The topological polar surface area (TPSA) is 66.8 Å². The highest BCUT2D eigenvalue weighted by atomic mass is 32.1. The van der Waals surface area contributed by atoms with E-state index in [1.807, 2.05) is 17.4 Å². The van der Waals surface area contributed by atoms with E-state index in [-0.39, 0.29) is 12.4 Å². The zero-order valence-corrected chi connectivity index (χ0v) is 18.6. The number of hydrogen-bond donors (Lipinski definition) is 2. The summed E-state index contributed by atoms with van der Waals surface area (Å²) < 4.78 is 5.87. The first-order chi connectivity index (χ1) is 14.0. The minimum Gasteiger partial charge on any atom is -0.469 e. The fourth-order valence-corrected chi connectivity index (χ4v) is 4.74. The summed E-state index contributed by atoms with van der Waals surface area (Å²) >= 11 is 1.83. The number of aliphatic hydroxyl groups excluding tert-OH is 2. The molecule has 0 fully saturated rings. The summed E-state index contributed by atoms with van der Waals surface area (Å²) in [4.78, 5) is 12.5. The minimum atomic E-state index is -0.957. The normalized spacial score (nSPS) is 13.8. The van der Waals surface area contributed by atoms with Crippen LogP contribution < -0.4 is 0 Å². The first-order valence-corrected chi connectivity index (χ1v) is 11.4. The van der Waals surface area contributed by atoms with Crippen LogP contribution in [0.5, 0.6) is 0 Å². The van der Waals surface area contributed by atoms with E-state index >= 15 is 0 Å². The van der Waals surface area contributed by atoms with Gasteiger partial charge in [0, 0.05) is 16.0 Å². The van der Waals surface area contributed by atoms with E-state index in [4.69, 9.17) is 0 Å². The Kier molecular flexibility index (Phi) is 9.85. The Bertz CT molecular complexity index is 809. The lowest BCUT2D eigenvalue weighted by atomic mass is 10.0. The molecule has 1 aromatic carbocycles. The highest BCUT2D eigenvalue weighted by molar-refractivity contribution is 7.19. The van der Waals surface area contributed by atoms with Crippen molar-refractivity contribution in [3.8, 4) is 0 Å². The van der Waals surface area contributed by atoms with Crippen LogP contribution in [0.3, 0.4) is 0 Å². The molecule has 0 spiro atoms. The maximum atomic E-state index is 11.2. The second-order valence-electron chi connectivity index (χ2n) is 7.63. The van der Waals surface area contributed by atoms with Crippen LogP contribution in [0.2, 0.25) is 0 Å². The molecule has 0 aliphatic heterocycles. The summed E-state index contributed by atoms with van der Waals surface area (Å²) in [5.41, 5.74) is 2.40. The molecule has 2 N–H and O–H groups in total. The molecule has 29 heavy (non-hydrogen) atoms. The quantitative estimate of drug-likeness (QED) is 0.357. The Hall–Kier alpha value is -1.69. The van der Waals surface area contributed by atoms with E-state index in [2.05, 4.69) is 36.8 Å². The van der Waals surface area contributed by atoms with Crippen molar-refractivity contribution >= 4 is 33.5 Å². The Morgan fingerprint density at radius 1 is 1.21 bits per heavy atom. The molecule has 2 rings (SSSR count). The van der Waals surface area contributed by atoms with Crippen molar-refractivity contribution in [2.24, 2.45) is 0 Å². The van der Waals surface area contributed by atoms with Crippen molar-refractivity contribution < 1.29 is 19.7 Å². The fraction of sp³-hybridized carbons (Fsp3) is 0.542. The highest BCUT2D eigenvalue weighted by Crippen LogP contribution is 2.34. The van der Waals surface area contributed by atoms with Gasteiger partial charge in [0.25, 0.3) is 0 Å². The summed E-state index contributed by atoms with van der Waals surface area (Å²) in [6.07, 6.45) is 8.79. The molecule has 0 radical (unpaired) electrons. The number of rotatable bonds is 12. The standard InChI is InChI=1S/C24H34O4S/c1-4-5-6-7-10-22-18(19-13-12-17(2)16-23(19)29-22)14-15-21(26)20(25)9-8-11-24(27)28-3/h12-16,20-21,25-26H,4-11H2,1-3H3/b15-14+. The van der Waals surface area contributed by atoms with Crippen molar-refractivity contribution in [3.05, 3.63) is 40.3 Å². The summed E-state index contributed by atoms with van der Waals surface area (Å²) in [5.74, 6) is -0.296. The molecular formula is C24H34O4S. The smallest absolute Gasteiger partial charge is 0.305 e.